The molecule has 0 radical (unpaired) electrons. The lowest BCUT2D eigenvalue weighted by molar-refractivity contribution is -0.136. The predicted molar refractivity (Wildman–Crippen MR) is 49.6 cm³/mol. The van der Waals surface area contributed by atoms with Crippen LogP contribution in [0.4, 0.5) is 0 Å². The summed E-state index contributed by atoms with van der Waals surface area (Å²) in [5.74, 6) is -0.792. The molecule has 0 bridgehead atoms. The van der Waals surface area contributed by atoms with E-state index in [0.29, 0.717) is 5.56 Å². The van der Waals surface area contributed by atoms with E-state index in [4.69, 9.17) is 10.2 Å². The number of nitrogens with two attached hydrogens (primary N) is 1. The van der Waals surface area contributed by atoms with E-state index < -0.39 is 5.97 Å². The molecule has 4 N–H and O–H groups in total. The van der Waals surface area contributed by atoms with Gasteiger partial charge in [0, 0.05) is 0 Å². The topological polar surface area (TPSA) is 83.6 Å². The summed E-state index contributed by atoms with van der Waals surface area (Å²) in [5.41, 5.74) is 5.11. The van der Waals surface area contributed by atoms with Crippen LogP contribution in [0.25, 0.3) is 0 Å². The number of carboxylic acid groups (broad SMARTS) is 1. The van der Waals surface area contributed by atoms with Crippen molar-refractivity contribution in [2.45, 2.75) is 6.42 Å². The van der Waals surface area contributed by atoms with Crippen molar-refractivity contribution in [2.24, 2.45) is 5.73 Å². The van der Waals surface area contributed by atoms with Crippen molar-refractivity contribution < 1.29 is 15.0 Å². The van der Waals surface area contributed by atoms with Crippen molar-refractivity contribution in [2.75, 3.05) is 7.05 Å². The fourth-order valence-corrected chi connectivity index (χ4v) is 0.841. The number of hydrogen-bond acceptors (Lipinski definition) is 3. The van der Waals surface area contributed by atoms with Gasteiger partial charge in [0.2, 0.25) is 0 Å². The molecule has 1 aromatic rings. The van der Waals surface area contributed by atoms with Crippen LogP contribution in [0.3, 0.4) is 0 Å². The maximum Gasteiger partial charge on any atom is 0.307 e. The van der Waals surface area contributed by atoms with Crippen LogP contribution in [-0.2, 0) is 11.2 Å². The third-order valence-electron chi connectivity index (χ3n) is 1.27. The van der Waals surface area contributed by atoms with Gasteiger partial charge in [-0.05, 0) is 24.7 Å². The standard InChI is InChI=1S/C8H8O3.CH5N/c9-7-3-1-2-6(4-7)5-8(10)11;1-2/h1-4,9H,5H2,(H,10,11);2H2,1H3. The zero-order valence-electron chi connectivity index (χ0n) is 7.40. The Morgan fingerprint density at radius 1 is 1.46 bits per heavy atom. The maximum atomic E-state index is 10.2. The summed E-state index contributed by atoms with van der Waals surface area (Å²) < 4.78 is 0. The van der Waals surface area contributed by atoms with Gasteiger partial charge in [-0.15, -0.1) is 0 Å². The lowest BCUT2D eigenvalue weighted by Gasteiger charge is -1.96. The summed E-state index contributed by atoms with van der Waals surface area (Å²) >= 11 is 0. The van der Waals surface area contributed by atoms with Gasteiger partial charge in [-0.3, -0.25) is 4.79 Å². The second-order valence-corrected chi connectivity index (χ2v) is 2.24. The third kappa shape index (κ3) is 4.81. The number of hydrogen-bond donors (Lipinski definition) is 3. The zero-order chi connectivity index (χ0) is 10.3. The molecule has 0 aromatic heterocycles. The molecule has 4 heteroatoms. The molecular weight excluding hydrogens is 170 g/mol. The number of phenols is 1. The Morgan fingerprint density at radius 2 is 2.08 bits per heavy atom. The largest absolute Gasteiger partial charge is 0.508 e. The fraction of sp³-hybridized carbons (Fsp3) is 0.222. The number of phenolic OH excluding ortho intramolecular Hbond substituents is 1. The average molecular weight is 183 g/mol. The molecule has 0 spiro atoms. The second kappa shape index (κ2) is 6.02. The molecule has 4 nitrogen and oxygen atoms in total. The molecule has 13 heavy (non-hydrogen) atoms. The second-order valence-electron chi connectivity index (χ2n) is 2.24. The van der Waals surface area contributed by atoms with E-state index in [2.05, 4.69) is 5.73 Å². The van der Waals surface area contributed by atoms with E-state index in [-0.39, 0.29) is 12.2 Å². The van der Waals surface area contributed by atoms with Gasteiger partial charge in [-0.1, -0.05) is 12.1 Å². The minimum atomic E-state index is -0.893. The normalized spacial score (nSPS) is 8.46. The Balaban J connectivity index is 0.000000671. The van der Waals surface area contributed by atoms with Crippen molar-refractivity contribution in [3.63, 3.8) is 0 Å². The van der Waals surface area contributed by atoms with Gasteiger partial charge in [0.05, 0.1) is 6.42 Å². The summed E-state index contributed by atoms with van der Waals surface area (Å²) in [6, 6.07) is 6.22. The third-order valence-corrected chi connectivity index (χ3v) is 1.27. The summed E-state index contributed by atoms with van der Waals surface area (Å²) in [7, 11) is 1.50. The van der Waals surface area contributed by atoms with E-state index in [1.165, 1.54) is 19.2 Å². The van der Waals surface area contributed by atoms with Crippen molar-refractivity contribution in [3.8, 4) is 5.75 Å². The number of benzene rings is 1. The van der Waals surface area contributed by atoms with Gasteiger partial charge in [0.25, 0.3) is 0 Å². The zero-order valence-corrected chi connectivity index (χ0v) is 7.40. The van der Waals surface area contributed by atoms with Gasteiger partial charge in [-0.25, -0.2) is 0 Å². The van der Waals surface area contributed by atoms with Gasteiger partial charge in [0.1, 0.15) is 5.75 Å². The van der Waals surface area contributed by atoms with E-state index in [1.807, 2.05) is 0 Å². The molecule has 1 rings (SSSR count). The monoisotopic (exact) mass is 183 g/mol. The molecular formula is C9H13NO3. The van der Waals surface area contributed by atoms with Crippen LogP contribution in [0.1, 0.15) is 5.56 Å². The highest BCUT2D eigenvalue weighted by molar-refractivity contribution is 5.70. The molecule has 0 unspecified atom stereocenters. The Bertz CT molecular complexity index is 273. The quantitative estimate of drug-likeness (QED) is 0.626. The molecule has 0 heterocycles. The molecule has 1 aromatic carbocycles. The number of carbonyl (C=O) groups is 1. The molecule has 0 aliphatic rings. The highest BCUT2D eigenvalue weighted by atomic mass is 16.4. The Hall–Kier alpha value is -1.55. The Labute approximate surface area is 76.6 Å². The molecule has 0 fully saturated rings. The predicted octanol–water partition coefficient (Wildman–Crippen LogP) is 0.594. The summed E-state index contributed by atoms with van der Waals surface area (Å²) in [6.07, 6.45) is -0.0472. The van der Waals surface area contributed by atoms with Crippen LogP contribution in [0.5, 0.6) is 5.75 Å². The lowest BCUT2D eigenvalue weighted by Crippen LogP contribution is -1.99. The molecule has 0 saturated carbocycles. The van der Waals surface area contributed by atoms with Crippen molar-refractivity contribution >= 4 is 5.97 Å². The summed E-state index contributed by atoms with van der Waals surface area (Å²) in [4.78, 5) is 10.2. The van der Waals surface area contributed by atoms with Crippen LogP contribution >= 0.6 is 0 Å². The van der Waals surface area contributed by atoms with Crippen LogP contribution in [0.15, 0.2) is 24.3 Å². The highest BCUT2D eigenvalue weighted by Crippen LogP contribution is 2.10. The van der Waals surface area contributed by atoms with Crippen molar-refractivity contribution in [1.29, 1.82) is 0 Å². The SMILES string of the molecule is CN.O=C(O)Cc1cccc(O)c1. The smallest absolute Gasteiger partial charge is 0.307 e. The van der Waals surface area contributed by atoms with E-state index in [0.717, 1.165) is 0 Å². The van der Waals surface area contributed by atoms with Crippen molar-refractivity contribution in [3.05, 3.63) is 29.8 Å². The Morgan fingerprint density at radius 3 is 2.54 bits per heavy atom. The van der Waals surface area contributed by atoms with E-state index in [9.17, 15) is 4.79 Å². The molecule has 0 amide bonds. The van der Waals surface area contributed by atoms with Gasteiger partial charge < -0.3 is 15.9 Å². The van der Waals surface area contributed by atoms with Crippen LogP contribution < -0.4 is 5.73 Å². The highest BCUT2D eigenvalue weighted by Gasteiger charge is 1.99. The first-order valence-corrected chi connectivity index (χ1v) is 3.76. The molecule has 0 saturated heterocycles. The lowest BCUT2D eigenvalue weighted by atomic mass is 10.1. The van der Waals surface area contributed by atoms with Gasteiger partial charge >= 0.3 is 5.97 Å². The summed E-state index contributed by atoms with van der Waals surface area (Å²) in [6.45, 7) is 0. The number of aromatic hydroxyl groups is 1. The molecule has 72 valence electrons. The molecule has 0 aliphatic heterocycles. The maximum absolute atomic E-state index is 10.2. The first kappa shape index (κ1) is 11.4. The van der Waals surface area contributed by atoms with E-state index in [1.54, 1.807) is 12.1 Å². The fourth-order valence-electron chi connectivity index (χ4n) is 0.841. The summed E-state index contributed by atoms with van der Waals surface area (Å²) in [5, 5.41) is 17.3. The minimum absolute atomic E-state index is 0.0472. The van der Waals surface area contributed by atoms with Crippen molar-refractivity contribution in [1.82, 2.24) is 0 Å². The molecule has 0 atom stereocenters. The first-order valence-electron chi connectivity index (χ1n) is 3.76. The average Bonchev–Trinajstić information content (AvgIpc) is 2.06. The van der Waals surface area contributed by atoms with Gasteiger partial charge in [-0.2, -0.15) is 0 Å². The minimum Gasteiger partial charge on any atom is -0.508 e. The molecule has 0 aliphatic carbocycles. The Kier molecular flexibility index (Phi) is 5.30. The van der Waals surface area contributed by atoms with Crippen LogP contribution in [0, 0.1) is 0 Å². The van der Waals surface area contributed by atoms with Crippen LogP contribution in [-0.4, -0.2) is 23.2 Å². The van der Waals surface area contributed by atoms with Gasteiger partial charge in [0.15, 0.2) is 0 Å². The van der Waals surface area contributed by atoms with Crippen LogP contribution in [0.2, 0.25) is 0 Å². The van der Waals surface area contributed by atoms with E-state index >= 15 is 0 Å². The number of carboxylic acids is 1. The first-order chi connectivity index (χ1) is 6.18. The number of rotatable bonds is 2. The number of aliphatic carboxylic acids is 1.